The number of amides is 1. The maximum atomic E-state index is 13.3. The van der Waals surface area contributed by atoms with E-state index in [0.29, 0.717) is 28.8 Å². The predicted octanol–water partition coefficient (Wildman–Crippen LogP) is 6.23. The van der Waals surface area contributed by atoms with Crippen LogP contribution in [0.3, 0.4) is 0 Å². The highest BCUT2D eigenvalue weighted by atomic mass is 32.1. The second-order valence-electron chi connectivity index (χ2n) is 9.48. The second-order valence-corrected chi connectivity index (χ2v) is 10.6. The van der Waals surface area contributed by atoms with Crippen molar-refractivity contribution < 1.29 is 9.53 Å². The summed E-state index contributed by atoms with van der Waals surface area (Å²) < 4.78 is 7.75. The number of nitrogens with one attached hydrogen (secondary N) is 1. The number of fused-ring (bicyclic) bond motifs is 2. The lowest BCUT2D eigenvalue weighted by Gasteiger charge is -2.33. The first-order valence-electron chi connectivity index (χ1n) is 11.3. The molecule has 2 aromatic heterocycles. The van der Waals surface area contributed by atoms with Crippen LogP contribution in [-0.4, -0.2) is 22.1 Å². The number of nitrogens with zero attached hydrogens (tertiary/aromatic N) is 2. The van der Waals surface area contributed by atoms with E-state index in [1.165, 1.54) is 11.3 Å². The van der Waals surface area contributed by atoms with E-state index in [2.05, 4.69) is 37.6 Å². The number of aryl methyl sites for hydroxylation is 3. The van der Waals surface area contributed by atoms with Gasteiger partial charge in [0.2, 0.25) is 0 Å². The van der Waals surface area contributed by atoms with Gasteiger partial charge in [-0.05, 0) is 75.1 Å². The van der Waals surface area contributed by atoms with Crippen molar-refractivity contribution in [1.29, 1.82) is 0 Å². The van der Waals surface area contributed by atoms with Crippen LogP contribution >= 0.6 is 11.3 Å². The second kappa shape index (κ2) is 8.30. The lowest BCUT2D eigenvalue weighted by atomic mass is 9.73. The van der Waals surface area contributed by atoms with Gasteiger partial charge in [-0.1, -0.05) is 20.8 Å². The summed E-state index contributed by atoms with van der Waals surface area (Å²) in [5.74, 6) is 1.40. The molecule has 1 aromatic carbocycles. The average Bonchev–Trinajstić information content (AvgIpc) is 3.24. The van der Waals surface area contributed by atoms with Crippen molar-refractivity contribution in [3.8, 4) is 5.75 Å². The van der Waals surface area contributed by atoms with Crippen molar-refractivity contribution in [1.82, 2.24) is 9.55 Å². The molecule has 1 N–H and O–H groups in total. The van der Waals surface area contributed by atoms with Crippen LogP contribution in [0.15, 0.2) is 18.2 Å². The molecule has 166 valence electrons. The molecule has 5 nitrogen and oxygen atoms in total. The third-order valence-corrected chi connectivity index (χ3v) is 7.55. The van der Waals surface area contributed by atoms with Gasteiger partial charge in [-0.15, -0.1) is 11.3 Å². The van der Waals surface area contributed by atoms with Gasteiger partial charge < -0.3 is 9.30 Å². The Hall–Kier alpha value is -2.34. The first-order chi connectivity index (χ1) is 14.7. The van der Waals surface area contributed by atoms with Crippen molar-refractivity contribution in [2.24, 2.45) is 11.3 Å². The zero-order valence-corrected chi connectivity index (χ0v) is 20.3. The predicted molar refractivity (Wildman–Crippen MR) is 129 cm³/mol. The highest BCUT2D eigenvalue weighted by molar-refractivity contribution is 7.15. The minimum absolute atomic E-state index is 0.0908. The van der Waals surface area contributed by atoms with Crippen molar-refractivity contribution in [2.75, 3.05) is 11.9 Å². The maximum Gasteiger partial charge on any atom is 0.274 e. The van der Waals surface area contributed by atoms with Gasteiger partial charge in [0.15, 0.2) is 5.13 Å². The highest BCUT2D eigenvalue weighted by Gasteiger charge is 2.31. The van der Waals surface area contributed by atoms with Crippen molar-refractivity contribution in [2.45, 2.75) is 67.3 Å². The number of carbonyl (C=O) groups excluding carboxylic acids is 1. The lowest BCUT2D eigenvalue weighted by molar-refractivity contribution is 0.101. The molecule has 2 heterocycles. The number of rotatable bonds is 5. The van der Waals surface area contributed by atoms with Gasteiger partial charge in [0.25, 0.3) is 5.91 Å². The molecule has 1 aliphatic carbocycles. The smallest absolute Gasteiger partial charge is 0.274 e. The summed E-state index contributed by atoms with van der Waals surface area (Å²) in [4.78, 5) is 19.4. The fourth-order valence-electron chi connectivity index (χ4n) is 4.70. The van der Waals surface area contributed by atoms with Gasteiger partial charge in [0.1, 0.15) is 11.4 Å². The summed E-state index contributed by atoms with van der Waals surface area (Å²) in [5.41, 5.74) is 4.19. The number of hydrogen-bond acceptors (Lipinski definition) is 4. The fourth-order valence-corrected chi connectivity index (χ4v) is 5.79. The molecule has 3 aromatic rings. The van der Waals surface area contributed by atoms with Gasteiger partial charge >= 0.3 is 0 Å². The summed E-state index contributed by atoms with van der Waals surface area (Å²) >= 11 is 1.64. The van der Waals surface area contributed by atoms with Crippen molar-refractivity contribution >= 4 is 33.3 Å². The Morgan fingerprint density at radius 1 is 1.32 bits per heavy atom. The summed E-state index contributed by atoms with van der Waals surface area (Å²) in [5, 5.41) is 4.88. The molecular weight excluding hydrogens is 406 g/mol. The van der Waals surface area contributed by atoms with Crippen molar-refractivity contribution in [3.63, 3.8) is 0 Å². The molecule has 31 heavy (non-hydrogen) atoms. The molecule has 0 spiro atoms. The molecule has 4 rings (SSSR count). The molecule has 0 fully saturated rings. The number of hydrogen-bond donors (Lipinski definition) is 1. The quantitative estimate of drug-likeness (QED) is 0.513. The molecule has 0 saturated carbocycles. The third kappa shape index (κ3) is 4.10. The molecular formula is C25H33N3O2S. The third-order valence-electron chi connectivity index (χ3n) is 6.52. The standard InChI is InChI=1S/C25H33N3O2S/c1-7-28-20-12-10-17(30-8-2)14-18(20)15(3)22(28)23(29)27-24-26-19-11-9-16(25(4,5)6)13-21(19)31-24/h10,12,14,16H,7-9,11,13H2,1-6H3,(H,26,27,29). The zero-order valence-electron chi connectivity index (χ0n) is 19.5. The minimum Gasteiger partial charge on any atom is -0.494 e. The molecule has 6 heteroatoms. The van der Waals surface area contributed by atoms with E-state index < -0.39 is 0 Å². The van der Waals surface area contributed by atoms with Crippen LogP contribution in [0.2, 0.25) is 0 Å². The molecule has 1 unspecified atom stereocenters. The van der Waals surface area contributed by atoms with Crippen LogP contribution in [0.4, 0.5) is 5.13 Å². The Labute approximate surface area is 188 Å². The maximum absolute atomic E-state index is 13.3. The van der Waals surface area contributed by atoms with Gasteiger partial charge in [-0.25, -0.2) is 4.98 Å². The molecule has 1 amide bonds. The number of carbonyl (C=O) groups is 1. The van der Waals surface area contributed by atoms with Crippen LogP contribution in [0.5, 0.6) is 5.75 Å². The number of ether oxygens (including phenoxy) is 1. The molecule has 0 radical (unpaired) electrons. The van der Waals surface area contributed by atoms with Crippen molar-refractivity contribution in [3.05, 3.63) is 40.0 Å². The van der Waals surface area contributed by atoms with Crippen LogP contribution in [0, 0.1) is 18.3 Å². The fraction of sp³-hybridized carbons (Fsp3) is 0.520. The molecule has 0 aliphatic heterocycles. The van der Waals surface area contributed by atoms with Crippen LogP contribution < -0.4 is 10.1 Å². The summed E-state index contributed by atoms with van der Waals surface area (Å²) in [6.07, 6.45) is 3.22. The number of aromatic nitrogens is 2. The first-order valence-corrected chi connectivity index (χ1v) is 12.1. The van der Waals surface area contributed by atoms with Crippen LogP contribution in [0.25, 0.3) is 10.9 Å². The molecule has 1 aliphatic rings. The number of thiazole rings is 1. The van der Waals surface area contributed by atoms with E-state index in [9.17, 15) is 4.79 Å². The van der Waals surface area contributed by atoms with E-state index in [4.69, 9.17) is 9.72 Å². The first kappa shape index (κ1) is 21.9. The van der Waals surface area contributed by atoms with Crippen LogP contribution in [-0.2, 0) is 19.4 Å². The van der Waals surface area contributed by atoms with E-state index in [-0.39, 0.29) is 5.91 Å². The Morgan fingerprint density at radius 2 is 2.10 bits per heavy atom. The monoisotopic (exact) mass is 439 g/mol. The van der Waals surface area contributed by atoms with E-state index in [0.717, 1.165) is 47.3 Å². The van der Waals surface area contributed by atoms with Gasteiger partial charge in [0.05, 0.1) is 12.3 Å². The Kier molecular flexibility index (Phi) is 5.86. The van der Waals surface area contributed by atoms with E-state index >= 15 is 0 Å². The van der Waals surface area contributed by atoms with Gasteiger partial charge in [0, 0.05) is 22.3 Å². The Bertz CT molecular complexity index is 1120. The Balaban J connectivity index is 1.62. The SMILES string of the molecule is CCOc1ccc2c(c1)c(C)c(C(=O)Nc1nc3c(s1)CC(C(C)(C)C)CC3)n2CC. The summed E-state index contributed by atoms with van der Waals surface area (Å²) in [6.45, 7) is 14.4. The number of benzene rings is 1. The lowest BCUT2D eigenvalue weighted by Crippen LogP contribution is -2.26. The molecule has 0 bridgehead atoms. The van der Waals surface area contributed by atoms with Crippen LogP contribution in [0.1, 0.15) is 67.7 Å². The largest absolute Gasteiger partial charge is 0.494 e. The normalized spacial score (nSPS) is 16.4. The summed E-state index contributed by atoms with van der Waals surface area (Å²) in [6, 6.07) is 6.05. The zero-order chi connectivity index (χ0) is 22.3. The molecule has 1 atom stereocenters. The average molecular weight is 440 g/mol. The Morgan fingerprint density at radius 3 is 2.77 bits per heavy atom. The van der Waals surface area contributed by atoms with Gasteiger partial charge in [-0.3, -0.25) is 10.1 Å². The highest BCUT2D eigenvalue weighted by Crippen LogP contribution is 2.40. The minimum atomic E-state index is -0.0908. The summed E-state index contributed by atoms with van der Waals surface area (Å²) in [7, 11) is 0. The van der Waals surface area contributed by atoms with E-state index in [1.807, 2.05) is 32.0 Å². The van der Waals surface area contributed by atoms with Gasteiger partial charge in [-0.2, -0.15) is 0 Å². The molecule has 0 saturated heterocycles. The number of anilines is 1. The topological polar surface area (TPSA) is 56.1 Å². The van der Waals surface area contributed by atoms with E-state index in [1.54, 1.807) is 11.3 Å².